The minimum absolute atomic E-state index is 0.0676. The van der Waals surface area contributed by atoms with E-state index in [1.807, 2.05) is 12.1 Å². The number of hydrogen-bond acceptors (Lipinski definition) is 5. The maximum Gasteiger partial charge on any atom is 0.231 e. The quantitative estimate of drug-likeness (QED) is 0.635. The molecule has 5 heteroatoms. The Labute approximate surface area is 111 Å². The molecule has 3 N–H and O–H groups in total. The Morgan fingerprint density at radius 2 is 1.89 bits per heavy atom. The van der Waals surface area contributed by atoms with Crippen LogP contribution >= 0.6 is 0 Å². The molecule has 2 aliphatic heterocycles. The third-order valence-corrected chi connectivity index (χ3v) is 4.52. The van der Waals surface area contributed by atoms with Crippen molar-refractivity contribution >= 4 is 0 Å². The van der Waals surface area contributed by atoms with Gasteiger partial charge in [-0.15, -0.1) is 0 Å². The summed E-state index contributed by atoms with van der Waals surface area (Å²) in [5, 5.41) is 23.7. The molecule has 2 heterocycles. The van der Waals surface area contributed by atoms with Gasteiger partial charge in [0.15, 0.2) is 11.5 Å². The van der Waals surface area contributed by atoms with Gasteiger partial charge in [-0.2, -0.15) is 0 Å². The predicted molar refractivity (Wildman–Crippen MR) is 67.2 cm³/mol. The molecule has 1 fully saturated rings. The lowest BCUT2D eigenvalue weighted by molar-refractivity contribution is -0.0360. The molecule has 5 nitrogen and oxygen atoms in total. The summed E-state index contributed by atoms with van der Waals surface area (Å²) in [7, 11) is 0. The van der Waals surface area contributed by atoms with E-state index in [1.54, 1.807) is 0 Å². The van der Waals surface area contributed by atoms with Gasteiger partial charge in [0.1, 0.15) is 0 Å². The van der Waals surface area contributed by atoms with Crippen molar-refractivity contribution in [2.45, 2.75) is 43.6 Å². The van der Waals surface area contributed by atoms with Gasteiger partial charge in [0, 0.05) is 18.5 Å². The molecule has 0 unspecified atom stereocenters. The van der Waals surface area contributed by atoms with Gasteiger partial charge in [0.2, 0.25) is 6.79 Å². The predicted octanol–water partition coefficient (Wildman–Crippen LogP) is 0.486. The van der Waals surface area contributed by atoms with Gasteiger partial charge in [-0.05, 0) is 36.1 Å². The Morgan fingerprint density at radius 3 is 2.74 bits per heavy atom. The van der Waals surface area contributed by atoms with Crippen molar-refractivity contribution in [1.82, 2.24) is 5.32 Å². The van der Waals surface area contributed by atoms with E-state index < -0.39 is 12.2 Å². The molecule has 0 saturated heterocycles. The first-order valence-electron chi connectivity index (χ1n) is 6.76. The van der Waals surface area contributed by atoms with Crippen LogP contribution < -0.4 is 14.8 Å². The lowest BCUT2D eigenvalue weighted by Gasteiger charge is -2.43. The summed E-state index contributed by atoms with van der Waals surface area (Å²) in [4.78, 5) is 0. The Morgan fingerprint density at radius 1 is 1.11 bits per heavy atom. The largest absolute Gasteiger partial charge is 0.454 e. The van der Waals surface area contributed by atoms with Crippen molar-refractivity contribution in [3.8, 4) is 11.5 Å². The lowest BCUT2D eigenvalue weighted by Crippen LogP contribution is -2.51. The topological polar surface area (TPSA) is 71.0 Å². The van der Waals surface area contributed by atoms with E-state index in [0.717, 1.165) is 35.6 Å². The third kappa shape index (κ3) is 1.65. The highest BCUT2D eigenvalue weighted by molar-refractivity contribution is 5.51. The zero-order valence-electron chi connectivity index (χ0n) is 10.5. The van der Waals surface area contributed by atoms with Gasteiger partial charge in [0.25, 0.3) is 0 Å². The van der Waals surface area contributed by atoms with E-state index in [-0.39, 0.29) is 18.8 Å². The number of aliphatic hydroxyl groups is 2. The average molecular weight is 263 g/mol. The van der Waals surface area contributed by atoms with Crippen LogP contribution in [0.4, 0.5) is 0 Å². The molecule has 0 radical (unpaired) electrons. The maximum absolute atomic E-state index is 10.3. The molecule has 1 aromatic rings. The van der Waals surface area contributed by atoms with Gasteiger partial charge in [-0.25, -0.2) is 0 Å². The summed E-state index contributed by atoms with van der Waals surface area (Å²) in [5.41, 5.74) is 2.21. The molecular weight excluding hydrogens is 246 g/mol. The van der Waals surface area contributed by atoms with Crippen molar-refractivity contribution in [3.63, 3.8) is 0 Å². The van der Waals surface area contributed by atoms with Crippen LogP contribution in [0.15, 0.2) is 12.1 Å². The molecule has 1 saturated carbocycles. The first kappa shape index (κ1) is 11.5. The molecule has 0 bridgehead atoms. The fraction of sp³-hybridized carbons (Fsp3) is 0.571. The standard InChI is InChI=1S/C14H17NO4/c16-10-2-1-9-13(14(10)17)8-4-12-11(18-6-19-12)3-7(8)5-15-9/h3-4,9-10,13-17H,1-2,5-6H2/t9-,10-,13-,14-/m0/s1. The van der Waals surface area contributed by atoms with Crippen LogP contribution in [0.25, 0.3) is 0 Å². The second-order valence-electron chi connectivity index (χ2n) is 5.55. The number of nitrogens with one attached hydrogen (secondary N) is 1. The van der Waals surface area contributed by atoms with E-state index in [2.05, 4.69) is 5.32 Å². The van der Waals surface area contributed by atoms with Gasteiger partial charge in [-0.3, -0.25) is 0 Å². The van der Waals surface area contributed by atoms with Gasteiger partial charge < -0.3 is 25.0 Å². The van der Waals surface area contributed by atoms with Crippen LogP contribution in [0.2, 0.25) is 0 Å². The van der Waals surface area contributed by atoms with E-state index in [4.69, 9.17) is 9.47 Å². The maximum atomic E-state index is 10.3. The van der Waals surface area contributed by atoms with Crippen LogP contribution in [-0.2, 0) is 6.54 Å². The van der Waals surface area contributed by atoms with Gasteiger partial charge in [0.05, 0.1) is 12.2 Å². The van der Waals surface area contributed by atoms with Crippen molar-refractivity contribution < 1.29 is 19.7 Å². The monoisotopic (exact) mass is 263 g/mol. The highest BCUT2D eigenvalue weighted by atomic mass is 16.7. The Kier molecular flexibility index (Phi) is 2.48. The van der Waals surface area contributed by atoms with Crippen LogP contribution in [0.1, 0.15) is 29.9 Å². The number of hydrogen-bond donors (Lipinski definition) is 3. The van der Waals surface area contributed by atoms with Crippen LogP contribution in [0.3, 0.4) is 0 Å². The SMILES string of the molecule is O[C@@H]1[C@H]2c3cc4c(cc3CN[C@H]2CC[C@@H]1O)OCO4. The van der Waals surface area contributed by atoms with Crippen LogP contribution in [0, 0.1) is 0 Å². The number of aliphatic hydroxyl groups excluding tert-OH is 2. The summed E-state index contributed by atoms with van der Waals surface area (Å²) < 4.78 is 10.8. The summed E-state index contributed by atoms with van der Waals surface area (Å²) in [6, 6.07) is 4.18. The molecule has 4 rings (SSSR count). The fourth-order valence-electron chi connectivity index (χ4n) is 3.51. The molecule has 1 aromatic carbocycles. The van der Waals surface area contributed by atoms with Crippen LogP contribution in [-0.4, -0.2) is 35.3 Å². The van der Waals surface area contributed by atoms with Gasteiger partial charge in [-0.1, -0.05) is 0 Å². The molecule has 3 aliphatic rings. The highest BCUT2D eigenvalue weighted by Gasteiger charge is 2.42. The minimum atomic E-state index is -0.717. The Hall–Kier alpha value is -1.30. The van der Waals surface area contributed by atoms with E-state index in [0.29, 0.717) is 6.42 Å². The van der Waals surface area contributed by atoms with Crippen molar-refractivity contribution in [2.75, 3.05) is 6.79 Å². The Bertz CT molecular complexity index is 518. The summed E-state index contributed by atoms with van der Waals surface area (Å²) in [6.45, 7) is 1.03. The van der Waals surface area contributed by atoms with Crippen molar-refractivity contribution in [3.05, 3.63) is 23.3 Å². The lowest BCUT2D eigenvalue weighted by atomic mass is 9.73. The molecule has 19 heavy (non-hydrogen) atoms. The summed E-state index contributed by atoms with van der Waals surface area (Å²) >= 11 is 0. The van der Waals surface area contributed by atoms with Gasteiger partial charge >= 0.3 is 0 Å². The second-order valence-corrected chi connectivity index (χ2v) is 5.55. The molecule has 0 spiro atoms. The number of ether oxygens (including phenoxy) is 2. The first-order chi connectivity index (χ1) is 9.24. The fourth-order valence-corrected chi connectivity index (χ4v) is 3.51. The number of fused-ring (bicyclic) bond motifs is 4. The zero-order chi connectivity index (χ0) is 13.0. The molecule has 4 atom stereocenters. The summed E-state index contributed by atoms with van der Waals surface area (Å²) in [5.74, 6) is 1.44. The molecular formula is C14H17NO4. The average Bonchev–Trinajstić information content (AvgIpc) is 2.87. The molecule has 0 amide bonds. The zero-order valence-corrected chi connectivity index (χ0v) is 10.5. The minimum Gasteiger partial charge on any atom is -0.454 e. The summed E-state index contributed by atoms with van der Waals surface area (Å²) in [6.07, 6.45) is 0.177. The third-order valence-electron chi connectivity index (χ3n) is 4.52. The molecule has 1 aliphatic carbocycles. The highest BCUT2D eigenvalue weighted by Crippen LogP contribution is 2.43. The smallest absolute Gasteiger partial charge is 0.231 e. The first-order valence-corrected chi connectivity index (χ1v) is 6.76. The van der Waals surface area contributed by atoms with Crippen molar-refractivity contribution in [2.24, 2.45) is 0 Å². The van der Waals surface area contributed by atoms with Crippen molar-refractivity contribution in [1.29, 1.82) is 0 Å². The number of rotatable bonds is 0. The number of benzene rings is 1. The van der Waals surface area contributed by atoms with E-state index >= 15 is 0 Å². The normalized spacial score (nSPS) is 35.7. The van der Waals surface area contributed by atoms with Crippen LogP contribution in [0.5, 0.6) is 11.5 Å². The second kappa shape index (κ2) is 4.10. The molecule has 102 valence electrons. The Balaban J connectivity index is 1.80. The molecule has 0 aromatic heterocycles. The van der Waals surface area contributed by atoms with E-state index in [9.17, 15) is 10.2 Å². The van der Waals surface area contributed by atoms with E-state index in [1.165, 1.54) is 0 Å².